The Labute approximate surface area is 154 Å². The first-order valence-corrected chi connectivity index (χ1v) is 9.99. The average molecular weight is 380 g/mol. The number of nitrogens with zero attached hydrogens (tertiary/aromatic N) is 2. The van der Waals surface area contributed by atoms with Crippen LogP contribution in [0.2, 0.25) is 0 Å². The van der Waals surface area contributed by atoms with E-state index in [9.17, 15) is 19.5 Å². The van der Waals surface area contributed by atoms with E-state index < -0.39 is 11.1 Å². The highest BCUT2D eigenvalue weighted by Crippen LogP contribution is 2.33. The van der Waals surface area contributed by atoms with Crippen molar-refractivity contribution in [2.24, 2.45) is 0 Å². The van der Waals surface area contributed by atoms with Crippen LogP contribution in [0.3, 0.4) is 0 Å². The zero-order valence-corrected chi connectivity index (χ0v) is 15.4. The van der Waals surface area contributed by atoms with Gasteiger partial charge in [0, 0.05) is 24.1 Å². The topological polar surface area (TPSA) is 77.9 Å². The molecule has 0 unspecified atom stereocenters. The molecule has 1 aromatic heterocycles. The molecule has 8 heteroatoms. The second-order valence-corrected chi connectivity index (χ2v) is 8.00. The molecular formula is C17H20N2O4S2. The zero-order chi connectivity index (χ0) is 17.8. The summed E-state index contributed by atoms with van der Waals surface area (Å²) in [5.41, 5.74) is 0. The normalized spacial score (nSPS) is 22.9. The largest absolute Gasteiger partial charge is 0.396 e. The van der Waals surface area contributed by atoms with E-state index >= 15 is 0 Å². The molecule has 6 nitrogen and oxygen atoms in total. The van der Waals surface area contributed by atoms with E-state index in [4.69, 9.17) is 0 Å². The van der Waals surface area contributed by atoms with E-state index in [2.05, 4.69) is 0 Å². The maximum atomic E-state index is 12.6. The first-order chi connectivity index (χ1) is 12.1. The second kappa shape index (κ2) is 8.16. The third kappa shape index (κ3) is 4.13. The third-order valence-corrected chi connectivity index (χ3v) is 6.12. The Kier molecular flexibility index (Phi) is 5.93. The van der Waals surface area contributed by atoms with Crippen molar-refractivity contribution in [1.82, 2.24) is 9.80 Å². The molecule has 1 N–H and O–H groups in total. The van der Waals surface area contributed by atoms with Crippen molar-refractivity contribution in [1.29, 1.82) is 0 Å². The van der Waals surface area contributed by atoms with Gasteiger partial charge in [-0.3, -0.25) is 19.3 Å². The van der Waals surface area contributed by atoms with Crippen molar-refractivity contribution in [3.63, 3.8) is 0 Å². The molecule has 0 radical (unpaired) electrons. The lowest BCUT2D eigenvalue weighted by atomic mass is 9.99. The molecular weight excluding hydrogens is 360 g/mol. The fraction of sp³-hybridized carbons (Fsp3) is 0.471. The minimum atomic E-state index is -0.410. The Morgan fingerprint density at radius 2 is 2.20 bits per heavy atom. The average Bonchev–Trinajstić information content (AvgIpc) is 3.20. The maximum absolute atomic E-state index is 12.6. The van der Waals surface area contributed by atoms with Gasteiger partial charge in [0.1, 0.15) is 6.54 Å². The number of amides is 3. The minimum absolute atomic E-state index is 0.00663. The molecule has 3 heterocycles. The van der Waals surface area contributed by atoms with Gasteiger partial charge < -0.3 is 10.0 Å². The highest BCUT2D eigenvalue weighted by atomic mass is 32.2. The van der Waals surface area contributed by atoms with Gasteiger partial charge in [-0.2, -0.15) is 0 Å². The molecule has 3 amide bonds. The van der Waals surface area contributed by atoms with Crippen molar-refractivity contribution in [3.8, 4) is 0 Å². The van der Waals surface area contributed by atoms with Gasteiger partial charge in [-0.25, -0.2) is 0 Å². The van der Waals surface area contributed by atoms with E-state index in [0.717, 1.165) is 40.8 Å². The zero-order valence-electron chi connectivity index (χ0n) is 13.7. The monoisotopic (exact) mass is 380 g/mol. The highest BCUT2D eigenvalue weighted by Gasteiger charge is 2.38. The number of carbonyl (C=O) groups is 3. The number of hydrogen-bond acceptors (Lipinski definition) is 6. The summed E-state index contributed by atoms with van der Waals surface area (Å²) in [5, 5.41) is 10.7. The Bertz CT molecular complexity index is 685. The van der Waals surface area contributed by atoms with Crippen LogP contribution in [0.1, 0.15) is 30.6 Å². The SMILES string of the molecule is O=C1S/C(=C\c2cccs2)C(=O)N1CC(=O)N1CCCC[C@@H]1CCO. The van der Waals surface area contributed by atoms with E-state index in [0.29, 0.717) is 17.9 Å². The van der Waals surface area contributed by atoms with Crippen LogP contribution in [-0.2, 0) is 9.59 Å². The van der Waals surface area contributed by atoms with Crippen LogP contribution in [0.15, 0.2) is 22.4 Å². The van der Waals surface area contributed by atoms with Gasteiger partial charge in [-0.15, -0.1) is 11.3 Å². The molecule has 0 saturated carbocycles. The van der Waals surface area contributed by atoms with Crippen molar-refractivity contribution in [3.05, 3.63) is 27.3 Å². The molecule has 1 atom stereocenters. The number of rotatable bonds is 5. The fourth-order valence-corrected chi connectivity index (χ4v) is 4.70. The van der Waals surface area contributed by atoms with Crippen molar-refractivity contribution in [2.75, 3.05) is 19.7 Å². The Balaban J connectivity index is 1.68. The molecule has 3 rings (SSSR count). The van der Waals surface area contributed by atoms with Gasteiger partial charge >= 0.3 is 0 Å². The molecule has 0 bridgehead atoms. The number of piperidine rings is 1. The summed E-state index contributed by atoms with van der Waals surface area (Å²) in [6, 6.07) is 3.74. The lowest BCUT2D eigenvalue weighted by Crippen LogP contribution is -2.49. The molecule has 134 valence electrons. The lowest BCUT2D eigenvalue weighted by molar-refractivity contribution is -0.139. The maximum Gasteiger partial charge on any atom is 0.294 e. The molecule has 0 spiro atoms. The molecule has 2 fully saturated rings. The predicted octanol–water partition coefficient (Wildman–Crippen LogP) is 2.55. The first kappa shape index (κ1) is 18.2. The number of thiophene rings is 1. The van der Waals surface area contributed by atoms with Crippen LogP contribution < -0.4 is 0 Å². The molecule has 2 saturated heterocycles. The van der Waals surface area contributed by atoms with Crippen molar-refractivity contribution < 1.29 is 19.5 Å². The van der Waals surface area contributed by atoms with Gasteiger partial charge in [-0.1, -0.05) is 6.07 Å². The van der Waals surface area contributed by atoms with E-state index in [-0.39, 0.29) is 25.1 Å². The number of aliphatic hydroxyl groups is 1. The van der Waals surface area contributed by atoms with E-state index in [1.54, 1.807) is 11.0 Å². The number of likely N-dealkylation sites (tertiary alicyclic amines) is 1. The van der Waals surface area contributed by atoms with Crippen LogP contribution in [-0.4, -0.2) is 57.7 Å². The van der Waals surface area contributed by atoms with Gasteiger partial charge in [0.2, 0.25) is 5.91 Å². The highest BCUT2D eigenvalue weighted by molar-refractivity contribution is 8.18. The Hall–Kier alpha value is -1.64. The summed E-state index contributed by atoms with van der Waals surface area (Å²) >= 11 is 2.36. The van der Waals surface area contributed by atoms with Crippen LogP contribution in [0.4, 0.5) is 4.79 Å². The predicted molar refractivity (Wildman–Crippen MR) is 98.1 cm³/mol. The molecule has 2 aliphatic rings. The lowest BCUT2D eigenvalue weighted by Gasteiger charge is -2.36. The molecule has 1 aromatic rings. The Morgan fingerprint density at radius 1 is 1.36 bits per heavy atom. The van der Waals surface area contributed by atoms with E-state index in [1.807, 2.05) is 17.5 Å². The number of aliphatic hydroxyl groups excluding tert-OH is 1. The number of imide groups is 1. The summed E-state index contributed by atoms with van der Waals surface area (Å²) in [5.74, 6) is -0.634. The summed E-state index contributed by atoms with van der Waals surface area (Å²) in [6.07, 6.45) is 5.02. The van der Waals surface area contributed by atoms with Crippen LogP contribution >= 0.6 is 23.1 Å². The van der Waals surface area contributed by atoms with E-state index in [1.165, 1.54) is 11.3 Å². The standard InChI is InChI=1S/C17H20N2O4S2/c20-8-6-12-4-1-2-7-18(12)15(21)11-19-16(22)14(25-17(19)23)10-13-5-3-9-24-13/h3,5,9-10,12,20H,1-2,4,6-8,11H2/b14-10-/t12-/m1/s1. The van der Waals surface area contributed by atoms with Crippen LogP contribution in [0.25, 0.3) is 6.08 Å². The Morgan fingerprint density at radius 3 is 2.92 bits per heavy atom. The van der Waals surface area contributed by atoms with Gasteiger partial charge in [0.25, 0.3) is 11.1 Å². The molecule has 2 aliphatic heterocycles. The smallest absolute Gasteiger partial charge is 0.294 e. The van der Waals surface area contributed by atoms with Crippen LogP contribution in [0, 0.1) is 0 Å². The third-order valence-electron chi connectivity index (χ3n) is 4.39. The number of hydrogen-bond donors (Lipinski definition) is 1. The van der Waals surface area contributed by atoms with Crippen LogP contribution in [0.5, 0.6) is 0 Å². The molecule has 0 aliphatic carbocycles. The van der Waals surface area contributed by atoms with Crippen molar-refractivity contribution >= 4 is 46.2 Å². The van der Waals surface area contributed by atoms with Gasteiger partial charge in [-0.05, 0) is 55.0 Å². The first-order valence-electron chi connectivity index (χ1n) is 8.29. The molecule has 25 heavy (non-hydrogen) atoms. The second-order valence-electron chi connectivity index (χ2n) is 6.03. The summed E-state index contributed by atoms with van der Waals surface area (Å²) in [4.78, 5) is 41.3. The number of carbonyl (C=O) groups excluding carboxylic acids is 3. The van der Waals surface area contributed by atoms with Crippen molar-refractivity contribution in [2.45, 2.75) is 31.7 Å². The summed E-state index contributed by atoms with van der Waals surface area (Å²) in [6.45, 7) is 0.415. The number of thioether (sulfide) groups is 1. The quantitative estimate of drug-likeness (QED) is 0.795. The summed E-state index contributed by atoms with van der Waals surface area (Å²) < 4.78 is 0. The molecule has 0 aromatic carbocycles. The van der Waals surface area contributed by atoms with Gasteiger partial charge in [0.05, 0.1) is 4.91 Å². The van der Waals surface area contributed by atoms with Gasteiger partial charge in [0.15, 0.2) is 0 Å². The summed E-state index contributed by atoms with van der Waals surface area (Å²) in [7, 11) is 0. The fourth-order valence-electron chi connectivity index (χ4n) is 3.14. The minimum Gasteiger partial charge on any atom is -0.396 e.